The number of carbonyl (C=O) groups is 3. The van der Waals surface area contributed by atoms with Crippen molar-refractivity contribution in [1.82, 2.24) is 15.5 Å². The van der Waals surface area contributed by atoms with Gasteiger partial charge < -0.3 is 19.7 Å². The molecule has 190 valence electrons. The number of hydrogen-bond acceptors (Lipinski definition) is 6. The zero-order chi connectivity index (χ0) is 24.6. The standard InChI is InChI=1S/C27H37N3O5/c1-27(2)14-17(11-12-34-27)15-28-21-5-3-4-6-23(21)35-19-7-8-20-18(13-19)16-30(26(20)33)22-9-10-24(31)29-25(22)32/h7-8,13,17,21-23,28H,3-6,9-12,14-16H2,1-2H3,(H,29,31,32)/t17?,21-,22?,23-/m0/s1. The lowest BCUT2D eigenvalue weighted by Gasteiger charge is -2.38. The first kappa shape index (κ1) is 24.3. The highest BCUT2D eigenvalue weighted by molar-refractivity contribution is 6.05. The monoisotopic (exact) mass is 483 g/mol. The molecule has 0 radical (unpaired) electrons. The number of carbonyl (C=O) groups excluding carboxylic acids is 3. The Morgan fingerprint density at radius 1 is 1.14 bits per heavy atom. The van der Waals surface area contributed by atoms with Crippen molar-refractivity contribution < 1.29 is 23.9 Å². The van der Waals surface area contributed by atoms with Crippen LogP contribution in [-0.2, 0) is 20.9 Å². The molecule has 4 atom stereocenters. The molecule has 3 heterocycles. The van der Waals surface area contributed by atoms with Crippen LogP contribution in [0.1, 0.15) is 81.1 Å². The Morgan fingerprint density at radius 2 is 1.97 bits per heavy atom. The minimum atomic E-state index is -0.598. The van der Waals surface area contributed by atoms with Crippen molar-refractivity contribution in [3.63, 3.8) is 0 Å². The van der Waals surface area contributed by atoms with E-state index in [1.54, 1.807) is 4.90 Å². The predicted octanol–water partition coefficient (Wildman–Crippen LogP) is 2.93. The van der Waals surface area contributed by atoms with Gasteiger partial charge >= 0.3 is 0 Å². The Kier molecular flexibility index (Phi) is 6.86. The molecule has 35 heavy (non-hydrogen) atoms. The van der Waals surface area contributed by atoms with E-state index in [9.17, 15) is 14.4 Å². The van der Waals surface area contributed by atoms with Gasteiger partial charge in [0, 0.05) is 31.2 Å². The van der Waals surface area contributed by atoms with E-state index < -0.39 is 6.04 Å². The van der Waals surface area contributed by atoms with Gasteiger partial charge in [-0.2, -0.15) is 0 Å². The molecule has 4 aliphatic rings. The molecule has 1 aromatic carbocycles. The summed E-state index contributed by atoms with van der Waals surface area (Å²) in [5, 5.41) is 6.16. The third kappa shape index (κ3) is 5.38. The van der Waals surface area contributed by atoms with Gasteiger partial charge in [-0.3, -0.25) is 19.7 Å². The Bertz CT molecular complexity index is 993. The molecular weight excluding hydrogens is 446 g/mol. The maximum Gasteiger partial charge on any atom is 0.255 e. The molecule has 8 nitrogen and oxygen atoms in total. The second-order valence-electron chi connectivity index (χ2n) is 11.1. The lowest BCUT2D eigenvalue weighted by atomic mass is 9.87. The molecule has 1 aromatic rings. The maximum absolute atomic E-state index is 13.0. The second-order valence-corrected chi connectivity index (χ2v) is 11.1. The molecular formula is C27H37N3O5. The van der Waals surface area contributed by atoms with Gasteiger partial charge in [0.2, 0.25) is 11.8 Å². The first-order chi connectivity index (χ1) is 16.8. The van der Waals surface area contributed by atoms with Crippen LogP contribution in [0.2, 0.25) is 0 Å². The highest BCUT2D eigenvalue weighted by atomic mass is 16.5. The number of hydrogen-bond donors (Lipinski definition) is 2. The molecule has 3 amide bonds. The van der Waals surface area contributed by atoms with Crippen molar-refractivity contribution >= 4 is 17.7 Å². The normalized spacial score (nSPS) is 30.7. The van der Waals surface area contributed by atoms with E-state index in [0.29, 0.717) is 30.5 Å². The Morgan fingerprint density at radius 3 is 2.77 bits per heavy atom. The van der Waals surface area contributed by atoms with Crippen LogP contribution >= 0.6 is 0 Å². The third-order valence-corrected chi connectivity index (χ3v) is 7.95. The predicted molar refractivity (Wildman–Crippen MR) is 130 cm³/mol. The molecule has 0 bridgehead atoms. The number of fused-ring (bicyclic) bond motifs is 1. The lowest BCUT2D eigenvalue weighted by molar-refractivity contribution is -0.136. The summed E-state index contributed by atoms with van der Waals surface area (Å²) in [5.41, 5.74) is 1.45. The number of imide groups is 1. The lowest BCUT2D eigenvalue weighted by Crippen LogP contribution is -2.52. The summed E-state index contributed by atoms with van der Waals surface area (Å²) in [6.07, 6.45) is 7.35. The van der Waals surface area contributed by atoms with Crippen LogP contribution in [0, 0.1) is 5.92 Å². The Labute approximate surface area is 207 Å². The molecule has 8 heteroatoms. The summed E-state index contributed by atoms with van der Waals surface area (Å²) >= 11 is 0. The Balaban J connectivity index is 1.21. The van der Waals surface area contributed by atoms with E-state index in [1.165, 1.54) is 6.42 Å². The zero-order valence-electron chi connectivity index (χ0n) is 20.8. The van der Waals surface area contributed by atoms with Crippen molar-refractivity contribution in [2.24, 2.45) is 5.92 Å². The number of rotatable bonds is 6. The minimum absolute atomic E-state index is 0.0450. The van der Waals surface area contributed by atoms with Gasteiger partial charge in [-0.25, -0.2) is 0 Å². The molecule has 0 aromatic heterocycles. The van der Waals surface area contributed by atoms with Crippen LogP contribution in [0.3, 0.4) is 0 Å². The smallest absolute Gasteiger partial charge is 0.255 e. The average Bonchev–Trinajstić information content (AvgIpc) is 3.13. The number of ether oxygens (including phenoxy) is 2. The van der Waals surface area contributed by atoms with Crippen LogP contribution in [0.15, 0.2) is 18.2 Å². The third-order valence-electron chi connectivity index (χ3n) is 7.95. The van der Waals surface area contributed by atoms with Gasteiger partial charge in [-0.05, 0) is 88.6 Å². The summed E-state index contributed by atoms with van der Waals surface area (Å²) in [6.45, 7) is 6.52. The van der Waals surface area contributed by atoms with Gasteiger partial charge in [0.15, 0.2) is 0 Å². The van der Waals surface area contributed by atoms with E-state index in [4.69, 9.17) is 9.47 Å². The van der Waals surface area contributed by atoms with Gasteiger partial charge in [-0.15, -0.1) is 0 Å². The molecule has 2 unspecified atom stereocenters. The number of amides is 3. The van der Waals surface area contributed by atoms with Crippen molar-refractivity contribution in [1.29, 1.82) is 0 Å². The van der Waals surface area contributed by atoms with E-state index in [2.05, 4.69) is 24.5 Å². The average molecular weight is 484 g/mol. The van der Waals surface area contributed by atoms with Gasteiger partial charge in [0.1, 0.15) is 17.9 Å². The van der Waals surface area contributed by atoms with Crippen LogP contribution in [0.4, 0.5) is 0 Å². The summed E-state index contributed by atoms with van der Waals surface area (Å²) in [6, 6.07) is 5.35. The van der Waals surface area contributed by atoms with E-state index in [1.807, 2.05) is 18.2 Å². The number of nitrogens with one attached hydrogen (secondary N) is 2. The number of benzene rings is 1. The quantitative estimate of drug-likeness (QED) is 0.604. The molecule has 1 saturated carbocycles. The van der Waals surface area contributed by atoms with E-state index in [0.717, 1.165) is 56.6 Å². The van der Waals surface area contributed by atoms with Crippen molar-refractivity contribution in [3.05, 3.63) is 29.3 Å². The second kappa shape index (κ2) is 9.90. The summed E-state index contributed by atoms with van der Waals surface area (Å²) < 4.78 is 12.4. The number of piperidine rings is 1. The zero-order valence-corrected chi connectivity index (χ0v) is 20.8. The Hall–Kier alpha value is -2.45. The molecule has 3 fully saturated rings. The number of nitrogens with zero attached hydrogens (tertiary/aromatic N) is 1. The maximum atomic E-state index is 13.0. The van der Waals surface area contributed by atoms with Crippen LogP contribution in [0.5, 0.6) is 5.75 Å². The van der Waals surface area contributed by atoms with E-state index in [-0.39, 0.29) is 35.8 Å². The molecule has 1 aliphatic carbocycles. The highest BCUT2D eigenvalue weighted by Gasteiger charge is 2.39. The van der Waals surface area contributed by atoms with Crippen molar-refractivity contribution in [2.45, 2.75) is 95.5 Å². The topological polar surface area (TPSA) is 97.0 Å². The first-order valence-electron chi connectivity index (χ1n) is 13.1. The molecule has 2 N–H and O–H groups in total. The highest BCUT2D eigenvalue weighted by Crippen LogP contribution is 2.32. The minimum Gasteiger partial charge on any atom is -0.489 e. The van der Waals surface area contributed by atoms with E-state index >= 15 is 0 Å². The summed E-state index contributed by atoms with van der Waals surface area (Å²) in [5.74, 6) is 0.570. The van der Waals surface area contributed by atoms with Crippen LogP contribution < -0.4 is 15.4 Å². The van der Waals surface area contributed by atoms with Gasteiger partial charge in [-0.1, -0.05) is 6.42 Å². The SMILES string of the molecule is CC1(C)CC(CN[C@H]2CCCC[C@@H]2Oc2ccc3c(c2)CN(C2CCC(=O)NC2=O)C3=O)CCO1. The van der Waals surface area contributed by atoms with Crippen LogP contribution in [0.25, 0.3) is 0 Å². The summed E-state index contributed by atoms with van der Waals surface area (Å²) in [4.78, 5) is 38.3. The molecule has 3 aliphatic heterocycles. The van der Waals surface area contributed by atoms with Crippen LogP contribution in [-0.4, -0.2) is 59.6 Å². The molecule has 5 rings (SSSR count). The molecule has 2 saturated heterocycles. The first-order valence-corrected chi connectivity index (χ1v) is 13.1. The van der Waals surface area contributed by atoms with Gasteiger partial charge in [0.05, 0.1) is 5.60 Å². The van der Waals surface area contributed by atoms with Crippen molar-refractivity contribution in [3.8, 4) is 5.75 Å². The molecule has 0 spiro atoms. The largest absolute Gasteiger partial charge is 0.489 e. The fraction of sp³-hybridized carbons (Fsp3) is 0.667. The van der Waals surface area contributed by atoms with Gasteiger partial charge in [0.25, 0.3) is 5.91 Å². The van der Waals surface area contributed by atoms with Crippen molar-refractivity contribution in [2.75, 3.05) is 13.2 Å². The fourth-order valence-electron chi connectivity index (χ4n) is 6.12. The summed E-state index contributed by atoms with van der Waals surface area (Å²) in [7, 11) is 0. The fourth-order valence-corrected chi connectivity index (χ4v) is 6.12.